The summed E-state index contributed by atoms with van der Waals surface area (Å²) >= 11 is 9.32. The highest BCUT2D eigenvalue weighted by Gasteiger charge is 2.09. The van der Waals surface area contributed by atoms with Gasteiger partial charge in [0.2, 0.25) is 0 Å². The Kier molecular flexibility index (Phi) is 4.44. The molecule has 0 heterocycles. The predicted molar refractivity (Wildman–Crippen MR) is 79.0 cm³/mol. The van der Waals surface area contributed by atoms with Crippen molar-refractivity contribution >= 4 is 27.5 Å². The van der Waals surface area contributed by atoms with Crippen LogP contribution in [0.15, 0.2) is 46.9 Å². The smallest absolute Gasteiger partial charge is 0.0830 e. The Balaban J connectivity index is 2.13. The first-order valence-corrected chi connectivity index (χ1v) is 6.92. The first-order valence-electron chi connectivity index (χ1n) is 5.75. The molecule has 0 amide bonds. The van der Waals surface area contributed by atoms with Crippen LogP contribution in [-0.4, -0.2) is 5.11 Å². The van der Waals surface area contributed by atoms with E-state index in [1.54, 1.807) is 0 Å². The molecule has 0 radical (unpaired) electrons. The lowest BCUT2D eigenvalue weighted by molar-refractivity contribution is 0.178. The van der Waals surface area contributed by atoms with Gasteiger partial charge in [-0.3, -0.25) is 0 Å². The number of benzene rings is 2. The van der Waals surface area contributed by atoms with E-state index >= 15 is 0 Å². The lowest BCUT2D eigenvalue weighted by Crippen LogP contribution is -2.02. The highest BCUT2D eigenvalue weighted by molar-refractivity contribution is 9.10. The van der Waals surface area contributed by atoms with Gasteiger partial charge in [0, 0.05) is 15.9 Å². The molecule has 2 aromatic rings. The molecule has 0 saturated carbocycles. The fourth-order valence-electron chi connectivity index (χ4n) is 1.78. The minimum atomic E-state index is -0.497. The Morgan fingerprint density at radius 2 is 1.83 bits per heavy atom. The van der Waals surface area contributed by atoms with Crippen LogP contribution in [0.2, 0.25) is 5.02 Å². The van der Waals surface area contributed by atoms with Gasteiger partial charge in [0.05, 0.1) is 6.10 Å². The third-order valence-corrected chi connectivity index (χ3v) is 4.03. The van der Waals surface area contributed by atoms with Gasteiger partial charge in [-0.25, -0.2) is 0 Å². The van der Waals surface area contributed by atoms with E-state index in [-0.39, 0.29) is 0 Å². The van der Waals surface area contributed by atoms with Crippen molar-refractivity contribution < 1.29 is 5.11 Å². The minimum absolute atomic E-state index is 0.497. The Bertz CT molecular complexity index is 537. The zero-order valence-electron chi connectivity index (χ0n) is 10.0. The molecule has 0 bridgehead atoms. The number of hydrogen-bond acceptors (Lipinski definition) is 1. The third kappa shape index (κ3) is 3.35. The maximum absolute atomic E-state index is 10.2. The largest absolute Gasteiger partial charge is 0.388 e. The quantitative estimate of drug-likeness (QED) is 0.868. The molecular weight excluding hydrogens is 312 g/mol. The van der Waals surface area contributed by atoms with Crippen molar-refractivity contribution in [1.82, 2.24) is 0 Å². The second-order valence-electron chi connectivity index (χ2n) is 4.36. The second-order valence-corrected chi connectivity index (χ2v) is 5.65. The third-order valence-electron chi connectivity index (χ3n) is 2.92. The van der Waals surface area contributed by atoms with Crippen LogP contribution in [0.3, 0.4) is 0 Å². The van der Waals surface area contributed by atoms with Crippen molar-refractivity contribution in [2.45, 2.75) is 19.4 Å². The Morgan fingerprint density at radius 1 is 1.17 bits per heavy atom. The van der Waals surface area contributed by atoms with Gasteiger partial charge >= 0.3 is 0 Å². The van der Waals surface area contributed by atoms with Crippen LogP contribution in [0.5, 0.6) is 0 Å². The van der Waals surface area contributed by atoms with Crippen molar-refractivity contribution in [1.29, 1.82) is 0 Å². The van der Waals surface area contributed by atoms with E-state index in [0.29, 0.717) is 11.4 Å². The topological polar surface area (TPSA) is 20.2 Å². The highest BCUT2D eigenvalue weighted by Crippen LogP contribution is 2.24. The number of hydrogen-bond donors (Lipinski definition) is 1. The molecule has 0 saturated heterocycles. The van der Waals surface area contributed by atoms with E-state index in [0.717, 1.165) is 21.2 Å². The molecule has 18 heavy (non-hydrogen) atoms. The van der Waals surface area contributed by atoms with Crippen LogP contribution in [0.4, 0.5) is 0 Å². The SMILES string of the molecule is Cc1ccc(C(O)Cc2ccc(Cl)cc2)cc1Br. The Hall–Kier alpha value is -0.830. The number of rotatable bonds is 3. The van der Waals surface area contributed by atoms with Gasteiger partial charge in [0.15, 0.2) is 0 Å². The molecule has 94 valence electrons. The van der Waals surface area contributed by atoms with Gasteiger partial charge in [0.1, 0.15) is 0 Å². The lowest BCUT2D eigenvalue weighted by atomic mass is 10.0. The van der Waals surface area contributed by atoms with Gasteiger partial charge in [-0.05, 0) is 41.8 Å². The first-order chi connectivity index (χ1) is 8.56. The molecule has 1 nitrogen and oxygen atoms in total. The van der Waals surface area contributed by atoms with Crippen molar-refractivity contribution in [3.05, 3.63) is 68.7 Å². The number of aliphatic hydroxyl groups excluding tert-OH is 1. The van der Waals surface area contributed by atoms with Crippen LogP contribution in [-0.2, 0) is 6.42 Å². The lowest BCUT2D eigenvalue weighted by Gasteiger charge is -2.12. The summed E-state index contributed by atoms with van der Waals surface area (Å²) in [5.41, 5.74) is 3.16. The number of aryl methyl sites for hydroxylation is 1. The zero-order valence-corrected chi connectivity index (χ0v) is 12.4. The van der Waals surface area contributed by atoms with Crippen molar-refractivity contribution in [3.63, 3.8) is 0 Å². The van der Waals surface area contributed by atoms with E-state index in [1.807, 2.05) is 49.4 Å². The van der Waals surface area contributed by atoms with E-state index in [1.165, 1.54) is 0 Å². The first kappa shape index (κ1) is 13.6. The molecule has 1 unspecified atom stereocenters. The Labute approximate surface area is 121 Å². The van der Waals surface area contributed by atoms with Gasteiger partial charge < -0.3 is 5.11 Å². The zero-order chi connectivity index (χ0) is 13.1. The summed E-state index contributed by atoms with van der Waals surface area (Å²) in [4.78, 5) is 0. The second kappa shape index (κ2) is 5.87. The van der Waals surface area contributed by atoms with Crippen LogP contribution >= 0.6 is 27.5 Å². The van der Waals surface area contributed by atoms with E-state index in [4.69, 9.17) is 11.6 Å². The summed E-state index contributed by atoms with van der Waals surface area (Å²) in [5.74, 6) is 0. The summed E-state index contributed by atoms with van der Waals surface area (Å²) in [6.07, 6.45) is 0.0928. The molecule has 0 aliphatic heterocycles. The molecule has 3 heteroatoms. The van der Waals surface area contributed by atoms with E-state index in [9.17, 15) is 5.11 Å². The minimum Gasteiger partial charge on any atom is -0.388 e. The van der Waals surface area contributed by atoms with Crippen LogP contribution in [0, 0.1) is 6.92 Å². The predicted octanol–water partition coefficient (Wildman–Crippen LogP) is 4.69. The van der Waals surface area contributed by atoms with Crippen molar-refractivity contribution in [2.24, 2.45) is 0 Å². The summed E-state index contributed by atoms with van der Waals surface area (Å²) in [7, 11) is 0. The van der Waals surface area contributed by atoms with E-state index in [2.05, 4.69) is 15.9 Å². The van der Waals surface area contributed by atoms with Crippen LogP contribution < -0.4 is 0 Å². The summed E-state index contributed by atoms with van der Waals surface area (Å²) < 4.78 is 1.02. The maximum Gasteiger partial charge on any atom is 0.0830 e. The average Bonchev–Trinajstić information content (AvgIpc) is 2.35. The molecule has 2 aromatic carbocycles. The molecule has 0 aliphatic carbocycles. The fourth-order valence-corrected chi connectivity index (χ4v) is 2.30. The van der Waals surface area contributed by atoms with Crippen molar-refractivity contribution in [2.75, 3.05) is 0 Å². The molecule has 0 fully saturated rings. The standard InChI is InChI=1S/C15H14BrClO/c1-10-2-5-12(9-14(10)16)15(18)8-11-3-6-13(17)7-4-11/h2-7,9,15,18H,8H2,1H3. The van der Waals surface area contributed by atoms with Crippen molar-refractivity contribution in [3.8, 4) is 0 Å². The van der Waals surface area contributed by atoms with Gasteiger partial charge in [-0.15, -0.1) is 0 Å². The average molecular weight is 326 g/mol. The van der Waals surface area contributed by atoms with Crippen LogP contribution in [0.1, 0.15) is 22.8 Å². The van der Waals surface area contributed by atoms with Crippen LogP contribution in [0.25, 0.3) is 0 Å². The summed E-state index contributed by atoms with van der Waals surface area (Å²) in [6.45, 7) is 2.03. The molecular formula is C15H14BrClO. The molecule has 0 aliphatic rings. The Morgan fingerprint density at radius 3 is 2.44 bits per heavy atom. The highest BCUT2D eigenvalue weighted by atomic mass is 79.9. The molecule has 0 spiro atoms. The molecule has 2 rings (SSSR count). The normalized spacial score (nSPS) is 12.4. The number of halogens is 2. The van der Waals surface area contributed by atoms with Gasteiger partial charge in [-0.2, -0.15) is 0 Å². The monoisotopic (exact) mass is 324 g/mol. The number of aliphatic hydroxyl groups is 1. The summed E-state index contributed by atoms with van der Waals surface area (Å²) in [5, 5.41) is 10.9. The molecule has 0 aromatic heterocycles. The summed E-state index contributed by atoms with van der Waals surface area (Å²) in [6, 6.07) is 13.5. The fraction of sp³-hybridized carbons (Fsp3) is 0.200. The molecule has 1 N–H and O–H groups in total. The maximum atomic E-state index is 10.2. The van der Waals surface area contributed by atoms with Gasteiger partial charge in [0.25, 0.3) is 0 Å². The molecule has 1 atom stereocenters. The van der Waals surface area contributed by atoms with Gasteiger partial charge in [-0.1, -0.05) is 51.8 Å². The van der Waals surface area contributed by atoms with E-state index < -0.39 is 6.10 Å².